The van der Waals surface area contributed by atoms with Crippen molar-refractivity contribution in [2.24, 2.45) is 5.41 Å². The van der Waals surface area contributed by atoms with E-state index in [2.05, 4.69) is 15.4 Å². The number of benzene rings is 1. The number of anilines is 1. The molecule has 2 N–H and O–H groups in total. The van der Waals surface area contributed by atoms with Crippen molar-refractivity contribution in [3.05, 3.63) is 40.2 Å². The van der Waals surface area contributed by atoms with Crippen LogP contribution in [0, 0.1) is 26.2 Å². The monoisotopic (exact) mass is 584 g/mol. The molecule has 1 amide bonds. The number of aryl methyl sites for hydroxylation is 2. The van der Waals surface area contributed by atoms with Crippen molar-refractivity contribution in [3.63, 3.8) is 0 Å². The minimum Gasteiger partial charge on any atom is -0.491 e. The molecule has 2 saturated heterocycles. The van der Waals surface area contributed by atoms with E-state index in [1.165, 1.54) is 7.11 Å². The molecule has 1 aromatic carbocycles. The van der Waals surface area contributed by atoms with Gasteiger partial charge >= 0.3 is 6.09 Å². The Bertz CT molecular complexity index is 1390. The van der Waals surface area contributed by atoms with Crippen LogP contribution in [0.15, 0.2) is 22.7 Å². The molecule has 3 aromatic rings. The van der Waals surface area contributed by atoms with Gasteiger partial charge < -0.3 is 34.2 Å². The van der Waals surface area contributed by atoms with Gasteiger partial charge in [0, 0.05) is 49.3 Å². The number of hydrogen-bond acceptors (Lipinski definition) is 10. The summed E-state index contributed by atoms with van der Waals surface area (Å²) in [5, 5.41) is 17.7. The molecule has 2 aliphatic rings. The summed E-state index contributed by atoms with van der Waals surface area (Å²) in [6.07, 6.45) is 0.973. The number of aromatic nitrogens is 3. The lowest BCUT2D eigenvalue weighted by molar-refractivity contribution is -0.0122. The third kappa shape index (κ3) is 5.84. The smallest absolute Gasteiger partial charge is 0.409 e. The van der Waals surface area contributed by atoms with Crippen molar-refractivity contribution in [2.45, 2.75) is 39.7 Å². The number of piperidine rings is 1. The number of carbonyl (C=O) groups is 1. The first-order valence-corrected chi connectivity index (χ1v) is 14.2. The van der Waals surface area contributed by atoms with Crippen LogP contribution in [-0.2, 0) is 4.74 Å². The van der Waals surface area contributed by atoms with Crippen molar-refractivity contribution in [3.8, 4) is 28.4 Å². The van der Waals surface area contributed by atoms with Gasteiger partial charge in [-0.15, -0.1) is 0 Å². The maximum atomic E-state index is 11.9. The summed E-state index contributed by atoms with van der Waals surface area (Å²) in [7, 11) is 3.20. The number of nitrogens with one attached hydrogen (secondary N) is 1. The Morgan fingerprint density at radius 1 is 1.22 bits per heavy atom. The number of amides is 1. The van der Waals surface area contributed by atoms with E-state index < -0.39 is 6.10 Å². The summed E-state index contributed by atoms with van der Waals surface area (Å²) in [6.45, 7) is 9.40. The number of aliphatic hydroxyl groups excluding tert-OH is 1. The second-order valence-corrected chi connectivity index (χ2v) is 11.4. The molecule has 12 heteroatoms. The number of carbonyl (C=O) groups excluding carboxylic acids is 1. The highest BCUT2D eigenvalue weighted by Gasteiger charge is 2.47. The molecule has 41 heavy (non-hydrogen) atoms. The normalized spacial score (nSPS) is 17.0. The van der Waals surface area contributed by atoms with Crippen LogP contribution in [0.25, 0.3) is 22.6 Å². The van der Waals surface area contributed by atoms with E-state index in [1.807, 2.05) is 20.8 Å². The number of likely N-dealkylation sites (tertiary alicyclic amines) is 1. The summed E-state index contributed by atoms with van der Waals surface area (Å²) in [6, 6.07) is 5.33. The number of methoxy groups -OCH3 is 1. The molecule has 0 bridgehead atoms. The number of ether oxygens (including phenoxy) is 2. The topological polar surface area (TPSA) is 126 Å². The highest BCUT2D eigenvalue weighted by molar-refractivity contribution is 6.33. The van der Waals surface area contributed by atoms with E-state index in [0.29, 0.717) is 34.5 Å². The Labute approximate surface area is 244 Å². The second kappa shape index (κ2) is 11.8. The fraction of sp³-hybridized carbons (Fsp3) is 0.517. The first-order valence-electron chi connectivity index (χ1n) is 13.8. The van der Waals surface area contributed by atoms with Crippen LogP contribution in [0.1, 0.15) is 29.9 Å². The quantitative estimate of drug-likeness (QED) is 0.401. The summed E-state index contributed by atoms with van der Waals surface area (Å²) in [4.78, 5) is 26.0. The van der Waals surface area contributed by atoms with Crippen LogP contribution in [-0.4, -0.2) is 90.8 Å². The molecule has 2 aromatic heterocycles. The Balaban J connectivity index is 1.48. The van der Waals surface area contributed by atoms with Crippen molar-refractivity contribution in [1.82, 2.24) is 25.3 Å². The molecule has 0 saturated carbocycles. The molecule has 0 radical (unpaired) electrons. The van der Waals surface area contributed by atoms with Gasteiger partial charge in [-0.3, -0.25) is 0 Å². The van der Waals surface area contributed by atoms with Gasteiger partial charge in [-0.2, -0.15) is 0 Å². The van der Waals surface area contributed by atoms with Crippen molar-refractivity contribution in [2.75, 3.05) is 58.4 Å². The van der Waals surface area contributed by atoms with Gasteiger partial charge in [0.1, 0.15) is 30.0 Å². The summed E-state index contributed by atoms with van der Waals surface area (Å²) < 4.78 is 16.2. The molecule has 1 atom stereocenters. The van der Waals surface area contributed by atoms with E-state index >= 15 is 0 Å². The fourth-order valence-corrected chi connectivity index (χ4v) is 5.98. The lowest BCUT2D eigenvalue weighted by Crippen LogP contribution is -2.62. The summed E-state index contributed by atoms with van der Waals surface area (Å²) in [5.74, 6) is 2.53. The predicted octanol–water partition coefficient (Wildman–Crippen LogP) is 4.00. The largest absolute Gasteiger partial charge is 0.491 e. The molecule has 0 unspecified atom stereocenters. The number of nitrogens with zero attached hydrogens (tertiary/aromatic N) is 5. The molecule has 11 nitrogen and oxygen atoms in total. The van der Waals surface area contributed by atoms with Gasteiger partial charge in [-0.05, 0) is 58.9 Å². The van der Waals surface area contributed by atoms with Gasteiger partial charge in [-0.1, -0.05) is 16.8 Å². The van der Waals surface area contributed by atoms with Crippen LogP contribution in [0.5, 0.6) is 5.75 Å². The lowest BCUT2D eigenvalue weighted by atomic mass is 9.72. The van der Waals surface area contributed by atoms with Gasteiger partial charge in [-0.25, -0.2) is 14.8 Å². The zero-order chi connectivity index (χ0) is 29.3. The zero-order valence-electron chi connectivity index (χ0n) is 24.2. The lowest BCUT2D eigenvalue weighted by Gasteiger charge is -2.53. The Morgan fingerprint density at radius 2 is 1.95 bits per heavy atom. The molecule has 2 aliphatic heterocycles. The Hall–Kier alpha value is -3.41. The van der Waals surface area contributed by atoms with Crippen LogP contribution in [0.4, 0.5) is 10.6 Å². The Morgan fingerprint density at radius 3 is 2.59 bits per heavy atom. The number of halogens is 1. The molecule has 4 heterocycles. The molecule has 220 valence electrons. The van der Waals surface area contributed by atoms with E-state index in [4.69, 9.17) is 35.6 Å². The van der Waals surface area contributed by atoms with Crippen molar-refractivity contribution < 1.29 is 23.9 Å². The average Bonchev–Trinajstić information content (AvgIpc) is 3.28. The van der Waals surface area contributed by atoms with Crippen LogP contribution >= 0.6 is 11.6 Å². The van der Waals surface area contributed by atoms with Gasteiger partial charge in [0.2, 0.25) is 0 Å². The number of aliphatic hydroxyl groups is 1. The van der Waals surface area contributed by atoms with Gasteiger partial charge in [0.15, 0.2) is 5.82 Å². The highest BCUT2D eigenvalue weighted by atomic mass is 35.5. The maximum Gasteiger partial charge on any atom is 0.409 e. The van der Waals surface area contributed by atoms with E-state index in [1.54, 1.807) is 30.1 Å². The molecule has 0 aliphatic carbocycles. The molecule has 5 rings (SSSR count). The second-order valence-electron chi connectivity index (χ2n) is 11.0. The molecular formula is C29H37ClN6O5. The maximum absolute atomic E-state index is 11.9. The first-order chi connectivity index (χ1) is 19.6. The summed E-state index contributed by atoms with van der Waals surface area (Å²) in [5.41, 5.74) is 4.01. The minimum atomic E-state index is -0.648. The fourth-order valence-electron chi connectivity index (χ4n) is 5.78. The van der Waals surface area contributed by atoms with Crippen LogP contribution in [0.3, 0.4) is 0 Å². The van der Waals surface area contributed by atoms with Crippen molar-refractivity contribution >= 4 is 23.5 Å². The molecule has 1 spiro atoms. The highest BCUT2D eigenvalue weighted by Crippen LogP contribution is 2.43. The average molecular weight is 585 g/mol. The standard InChI is InChI=1S/C29H37ClN6O5/c1-17-25(24-18(2)34-41-19(24)3)32-26(22-12-21(6-7-23(22)30)40-14-20(37)13-31-4)33-27(17)35-10-8-29(9-11-35)15-36(16-29)28(38)39-5/h6-7,12,20,31,37H,8-11,13-16H2,1-5H3/t20-/m1/s1. The first kappa shape index (κ1) is 29.1. The number of likely N-dealkylation sites (N-methyl/N-ethyl adjacent to an activating group) is 1. The zero-order valence-corrected chi connectivity index (χ0v) is 24.9. The summed E-state index contributed by atoms with van der Waals surface area (Å²) >= 11 is 6.69. The Kier molecular flexibility index (Phi) is 8.40. The van der Waals surface area contributed by atoms with Crippen LogP contribution < -0.4 is 15.0 Å². The van der Waals surface area contributed by atoms with E-state index in [9.17, 15) is 9.90 Å². The number of hydrogen-bond donors (Lipinski definition) is 2. The minimum absolute atomic E-state index is 0.117. The number of rotatable bonds is 8. The van der Waals surface area contributed by atoms with E-state index in [0.717, 1.165) is 67.4 Å². The van der Waals surface area contributed by atoms with Gasteiger partial charge in [0.25, 0.3) is 0 Å². The van der Waals surface area contributed by atoms with E-state index in [-0.39, 0.29) is 18.1 Å². The van der Waals surface area contributed by atoms with Crippen LogP contribution in [0.2, 0.25) is 5.02 Å². The SMILES string of the molecule is CNC[C@@H](O)COc1ccc(Cl)c(-c2nc(-c3c(C)noc3C)c(C)c(N3CCC4(CC3)CN(C(=O)OC)C4)n2)c1. The molecular weight excluding hydrogens is 548 g/mol. The predicted molar refractivity (Wildman–Crippen MR) is 155 cm³/mol. The molecule has 2 fully saturated rings. The third-order valence-electron chi connectivity index (χ3n) is 8.06. The van der Waals surface area contributed by atoms with Gasteiger partial charge in [0.05, 0.1) is 29.1 Å². The third-order valence-corrected chi connectivity index (χ3v) is 8.39. The van der Waals surface area contributed by atoms with Crippen molar-refractivity contribution in [1.29, 1.82) is 0 Å².